The summed E-state index contributed by atoms with van der Waals surface area (Å²) < 4.78 is 7.32. The number of hydrogen-bond acceptors (Lipinski definition) is 6. The molecule has 9 nitrogen and oxygen atoms in total. The predicted molar refractivity (Wildman–Crippen MR) is 163 cm³/mol. The molecule has 3 N–H and O–H groups in total. The van der Waals surface area contributed by atoms with Gasteiger partial charge >= 0.3 is 6.09 Å². The lowest BCUT2D eigenvalue weighted by atomic mass is 10.1. The van der Waals surface area contributed by atoms with E-state index < -0.39 is 11.5 Å². The van der Waals surface area contributed by atoms with E-state index in [0.717, 1.165) is 22.6 Å². The highest BCUT2D eigenvalue weighted by atomic mass is 35.5. The van der Waals surface area contributed by atoms with Crippen molar-refractivity contribution in [3.63, 3.8) is 0 Å². The molecule has 0 spiro atoms. The molecular weight excluding hydrogens is 563 g/mol. The van der Waals surface area contributed by atoms with E-state index >= 15 is 0 Å². The maximum Gasteiger partial charge on any atom is 0.410 e. The monoisotopic (exact) mass is 594 g/mol. The van der Waals surface area contributed by atoms with E-state index in [0.29, 0.717) is 54.0 Å². The summed E-state index contributed by atoms with van der Waals surface area (Å²) in [5.41, 5.74) is 9.98. The maximum atomic E-state index is 12.6. The highest BCUT2D eigenvalue weighted by Gasteiger charge is 2.26. The molecule has 0 saturated carbocycles. The van der Waals surface area contributed by atoms with Crippen LogP contribution in [0.1, 0.15) is 42.4 Å². The largest absolute Gasteiger partial charge is 0.444 e. The standard InChI is InChI=1S/C30H32Cl2N6O3/c1-30(2,3)41-29(40)37-15-13-36(14-16-37)20-9-7-19(8-10-20)35-25-18-21(17-22-23(31)5-4-6-24(22)32)38-12-11-34-28(38)26(25)27(33)39/h4-12,18,35H,13-17H2,1-3H3,(H2,33,39). The normalized spacial score (nSPS) is 13.9. The lowest BCUT2D eigenvalue weighted by Gasteiger charge is -2.36. The number of amides is 2. The number of nitrogens with one attached hydrogen (secondary N) is 1. The van der Waals surface area contributed by atoms with Crippen LogP contribution in [0, 0.1) is 0 Å². The SMILES string of the molecule is CC(C)(C)OC(=O)N1CCN(c2ccc(Nc3cc(Cc4c(Cl)cccc4Cl)n4ccnc4c3C(N)=O)cc2)CC1. The van der Waals surface area contributed by atoms with E-state index in [1.807, 2.05) is 55.5 Å². The van der Waals surface area contributed by atoms with Crippen LogP contribution in [0.4, 0.5) is 21.9 Å². The minimum Gasteiger partial charge on any atom is -0.444 e. The molecule has 214 valence electrons. The van der Waals surface area contributed by atoms with Crippen molar-refractivity contribution in [2.45, 2.75) is 32.8 Å². The molecule has 0 atom stereocenters. The number of primary amides is 1. The third kappa shape index (κ3) is 6.36. The average molecular weight is 596 g/mol. The van der Waals surface area contributed by atoms with Gasteiger partial charge in [0.15, 0.2) is 5.65 Å². The van der Waals surface area contributed by atoms with Gasteiger partial charge in [0, 0.05) is 72.1 Å². The second-order valence-corrected chi connectivity index (χ2v) is 11.7. The third-order valence-corrected chi connectivity index (χ3v) is 7.57. The van der Waals surface area contributed by atoms with E-state index in [2.05, 4.69) is 15.2 Å². The Kier molecular flexibility index (Phi) is 8.02. The first-order valence-corrected chi connectivity index (χ1v) is 14.1. The van der Waals surface area contributed by atoms with Crippen LogP contribution in [0.2, 0.25) is 10.0 Å². The molecule has 2 aromatic carbocycles. The Morgan fingerprint density at radius 2 is 1.68 bits per heavy atom. The van der Waals surface area contributed by atoms with Crippen LogP contribution in [0.3, 0.4) is 0 Å². The second kappa shape index (κ2) is 11.5. The van der Waals surface area contributed by atoms with Crippen molar-refractivity contribution in [3.05, 3.63) is 87.8 Å². The van der Waals surface area contributed by atoms with Gasteiger partial charge in [0.05, 0.1) is 5.69 Å². The molecule has 5 rings (SSSR count). The molecule has 11 heteroatoms. The fraction of sp³-hybridized carbons (Fsp3) is 0.300. The highest BCUT2D eigenvalue weighted by Crippen LogP contribution is 2.32. The summed E-state index contributed by atoms with van der Waals surface area (Å²) in [6, 6.07) is 15.2. The Morgan fingerprint density at radius 3 is 2.29 bits per heavy atom. The molecule has 41 heavy (non-hydrogen) atoms. The number of halogens is 2. The smallest absolute Gasteiger partial charge is 0.410 e. The number of anilines is 3. The Hall–Kier alpha value is -3.95. The zero-order valence-electron chi connectivity index (χ0n) is 23.2. The summed E-state index contributed by atoms with van der Waals surface area (Å²) in [6.45, 7) is 8.16. The first-order valence-electron chi connectivity index (χ1n) is 13.3. The van der Waals surface area contributed by atoms with E-state index in [-0.39, 0.29) is 11.7 Å². The van der Waals surface area contributed by atoms with E-state index in [9.17, 15) is 9.59 Å². The molecule has 3 heterocycles. The Labute approximate surface area is 248 Å². The van der Waals surface area contributed by atoms with Crippen molar-refractivity contribution < 1.29 is 14.3 Å². The van der Waals surface area contributed by atoms with Gasteiger partial charge < -0.3 is 30.0 Å². The van der Waals surface area contributed by atoms with E-state index in [1.165, 1.54) is 0 Å². The third-order valence-electron chi connectivity index (χ3n) is 6.86. The molecule has 0 aliphatic carbocycles. The van der Waals surface area contributed by atoms with Crippen molar-refractivity contribution in [2.24, 2.45) is 5.73 Å². The van der Waals surface area contributed by atoms with Crippen LogP contribution >= 0.6 is 23.2 Å². The molecule has 2 aromatic heterocycles. The number of pyridine rings is 1. The fourth-order valence-electron chi connectivity index (χ4n) is 4.89. The minimum absolute atomic E-state index is 0.284. The quantitative estimate of drug-likeness (QED) is 0.278. The van der Waals surface area contributed by atoms with E-state index in [1.54, 1.807) is 35.5 Å². The van der Waals surface area contributed by atoms with Crippen molar-refractivity contribution in [2.75, 3.05) is 36.4 Å². The van der Waals surface area contributed by atoms with Crippen LogP contribution in [0.25, 0.3) is 5.65 Å². The lowest BCUT2D eigenvalue weighted by molar-refractivity contribution is 0.0240. The summed E-state index contributed by atoms with van der Waals surface area (Å²) in [6.07, 6.45) is 3.55. The van der Waals surface area contributed by atoms with Crippen LogP contribution in [0.5, 0.6) is 0 Å². The maximum absolute atomic E-state index is 12.6. The van der Waals surface area contributed by atoms with Gasteiger partial charge in [-0.2, -0.15) is 0 Å². The Bertz CT molecular complexity index is 1570. The Morgan fingerprint density at radius 1 is 1.02 bits per heavy atom. The second-order valence-electron chi connectivity index (χ2n) is 10.9. The summed E-state index contributed by atoms with van der Waals surface area (Å²) >= 11 is 12.9. The summed E-state index contributed by atoms with van der Waals surface area (Å²) in [5.74, 6) is -0.592. The van der Waals surface area contributed by atoms with Gasteiger partial charge in [0.2, 0.25) is 0 Å². The van der Waals surface area contributed by atoms with Crippen molar-refractivity contribution in [1.82, 2.24) is 14.3 Å². The summed E-state index contributed by atoms with van der Waals surface area (Å²) in [4.78, 5) is 33.3. The summed E-state index contributed by atoms with van der Waals surface area (Å²) in [7, 11) is 0. The number of piperazine rings is 1. The van der Waals surface area contributed by atoms with Crippen molar-refractivity contribution in [3.8, 4) is 0 Å². The molecule has 1 saturated heterocycles. The van der Waals surface area contributed by atoms with Gasteiger partial charge in [-0.15, -0.1) is 0 Å². The number of nitrogens with zero attached hydrogens (tertiary/aromatic N) is 4. The van der Waals surface area contributed by atoms with Crippen LogP contribution < -0.4 is 16.0 Å². The Balaban J connectivity index is 1.36. The number of hydrogen-bond donors (Lipinski definition) is 2. The average Bonchev–Trinajstić information content (AvgIpc) is 3.40. The number of rotatable bonds is 6. The topological polar surface area (TPSA) is 105 Å². The van der Waals surface area contributed by atoms with Gasteiger partial charge in [-0.05, 0) is 68.8 Å². The highest BCUT2D eigenvalue weighted by molar-refractivity contribution is 6.36. The van der Waals surface area contributed by atoms with Crippen LogP contribution in [-0.2, 0) is 11.2 Å². The number of nitrogens with two attached hydrogens (primary N) is 1. The number of imidazole rings is 1. The zero-order valence-corrected chi connectivity index (χ0v) is 24.7. The van der Waals surface area contributed by atoms with Gasteiger partial charge in [-0.1, -0.05) is 29.3 Å². The number of fused-ring (bicyclic) bond motifs is 1. The molecule has 0 unspecified atom stereocenters. The van der Waals surface area contributed by atoms with E-state index in [4.69, 9.17) is 33.7 Å². The first-order chi connectivity index (χ1) is 19.5. The number of aromatic nitrogens is 2. The molecule has 0 bridgehead atoms. The zero-order chi connectivity index (χ0) is 29.3. The molecule has 1 aliphatic rings. The lowest BCUT2D eigenvalue weighted by Crippen LogP contribution is -2.50. The number of benzene rings is 2. The van der Waals surface area contributed by atoms with Gasteiger partial charge in [-0.25, -0.2) is 9.78 Å². The van der Waals surface area contributed by atoms with Crippen molar-refractivity contribution in [1.29, 1.82) is 0 Å². The fourth-order valence-corrected chi connectivity index (χ4v) is 5.42. The van der Waals surface area contributed by atoms with Gasteiger partial charge in [-0.3, -0.25) is 4.79 Å². The van der Waals surface area contributed by atoms with Gasteiger partial charge in [0.25, 0.3) is 5.91 Å². The van der Waals surface area contributed by atoms with Gasteiger partial charge in [0.1, 0.15) is 11.2 Å². The molecule has 1 fully saturated rings. The molecule has 0 radical (unpaired) electrons. The molecule has 4 aromatic rings. The number of carbonyl (C=O) groups excluding carboxylic acids is 2. The first kappa shape index (κ1) is 28.6. The van der Waals surface area contributed by atoms with Crippen LogP contribution in [-0.4, -0.2) is 58.1 Å². The molecule has 2 amide bonds. The minimum atomic E-state index is -0.592. The number of ether oxygens (including phenoxy) is 1. The number of carbonyl (C=O) groups is 2. The predicted octanol–water partition coefficient (Wildman–Crippen LogP) is 6.13. The molecular formula is C30H32Cl2N6O3. The van der Waals surface area contributed by atoms with Crippen molar-refractivity contribution >= 4 is 57.9 Å². The summed E-state index contributed by atoms with van der Waals surface area (Å²) in [5, 5.41) is 4.47. The molecule has 1 aliphatic heterocycles. The van der Waals surface area contributed by atoms with Crippen LogP contribution in [0.15, 0.2) is 60.9 Å².